The Bertz CT molecular complexity index is 1770. The molecule has 0 radical (unpaired) electrons. The van der Waals surface area contributed by atoms with Gasteiger partial charge in [0.1, 0.15) is 0 Å². The maximum absolute atomic E-state index is 13.6. The third-order valence-electron chi connectivity index (χ3n) is 8.30. The summed E-state index contributed by atoms with van der Waals surface area (Å²) in [6, 6.07) is 10.2. The molecule has 2 aliphatic heterocycles. The number of likely N-dealkylation sites (tertiary alicyclic amines) is 2. The lowest BCUT2D eigenvalue weighted by molar-refractivity contribution is -0.139. The largest absolute Gasteiger partial charge is 0.417 e. The van der Waals surface area contributed by atoms with E-state index in [0.29, 0.717) is 41.3 Å². The summed E-state index contributed by atoms with van der Waals surface area (Å²) >= 11 is 6.10. The summed E-state index contributed by atoms with van der Waals surface area (Å²) in [5.41, 5.74) is 2.81. The monoisotopic (exact) mass is 592 g/mol. The van der Waals surface area contributed by atoms with Gasteiger partial charge in [0.05, 0.1) is 24.4 Å². The number of rotatable bonds is 6. The van der Waals surface area contributed by atoms with Crippen LogP contribution >= 0.6 is 11.6 Å². The molecule has 2 fully saturated rings. The van der Waals surface area contributed by atoms with Gasteiger partial charge in [0.2, 0.25) is 17.7 Å². The molecule has 3 atom stereocenters. The Hall–Kier alpha value is -4.58. The number of carbonyl (C=O) groups excluding carboxylic acids is 4. The molecule has 2 aromatic heterocycles. The van der Waals surface area contributed by atoms with Gasteiger partial charge >= 0.3 is 5.76 Å². The van der Waals surface area contributed by atoms with Crippen LogP contribution in [0.25, 0.3) is 22.0 Å². The number of aromatic nitrogens is 2. The van der Waals surface area contributed by atoms with Crippen LogP contribution in [-0.4, -0.2) is 83.2 Å². The van der Waals surface area contributed by atoms with Crippen molar-refractivity contribution in [3.63, 3.8) is 0 Å². The van der Waals surface area contributed by atoms with Crippen molar-refractivity contribution in [2.45, 2.75) is 6.42 Å². The second-order valence-corrected chi connectivity index (χ2v) is 11.3. The van der Waals surface area contributed by atoms with Crippen molar-refractivity contribution in [3.8, 4) is 0 Å². The number of aromatic amines is 2. The van der Waals surface area contributed by atoms with Crippen LogP contribution in [0.2, 0.25) is 5.02 Å². The van der Waals surface area contributed by atoms with E-state index < -0.39 is 11.7 Å². The lowest BCUT2D eigenvalue weighted by Crippen LogP contribution is -2.54. The van der Waals surface area contributed by atoms with E-state index in [1.54, 1.807) is 46.3 Å². The maximum atomic E-state index is 13.6. The van der Waals surface area contributed by atoms with Crippen LogP contribution in [0.15, 0.2) is 51.8 Å². The zero-order valence-corrected chi connectivity index (χ0v) is 23.5. The van der Waals surface area contributed by atoms with E-state index in [1.807, 2.05) is 6.07 Å². The van der Waals surface area contributed by atoms with Crippen LogP contribution in [0, 0.1) is 17.8 Å². The van der Waals surface area contributed by atoms with Crippen molar-refractivity contribution in [2.75, 3.05) is 39.8 Å². The fourth-order valence-electron chi connectivity index (χ4n) is 6.16. The summed E-state index contributed by atoms with van der Waals surface area (Å²) in [5.74, 6) is -2.59. The third-order valence-corrected chi connectivity index (χ3v) is 8.53. The molecule has 2 saturated heterocycles. The summed E-state index contributed by atoms with van der Waals surface area (Å²) in [6.07, 6.45) is 1.93. The van der Waals surface area contributed by atoms with Gasteiger partial charge < -0.3 is 29.8 Å². The average molecular weight is 593 g/mol. The number of fused-ring (bicyclic) bond motifs is 3. The highest BCUT2D eigenvalue weighted by molar-refractivity contribution is 6.31. The van der Waals surface area contributed by atoms with Crippen molar-refractivity contribution >= 4 is 57.2 Å². The zero-order valence-electron chi connectivity index (χ0n) is 22.7. The minimum Gasteiger partial charge on any atom is -0.408 e. The van der Waals surface area contributed by atoms with E-state index >= 15 is 0 Å². The lowest BCUT2D eigenvalue weighted by atomic mass is 9.79. The molecule has 4 aromatic rings. The number of piperidine rings is 1. The minimum absolute atomic E-state index is 0.132. The Morgan fingerprint density at radius 1 is 1.02 bits per heavy atom. The van der Waals surface area contributed by atoms with E-state index in [0.717, 1.165) is 16.5 Å². The Morgan fingerprint density at radius 2 is 1.83 bits per heavy atom. The summed E-state index contributed by atoms with van der Waals surface area (Å²) in [4.78, 5) is 72.9. The minimum atomic E-state index is -0.607. The van der Waals surface area contributed by atoms with E-state index in [1.165, 1.54) is 7.05 Å². The zero-order chi connectivity index (χ0) is 29.5. The van der Waals surface area contributed by atoms with E-state index in [2.05, 4.69) is 20.6 Å². The molecule has 4 heterocycles. The number of carbonyl (C=O) groups is 4. The number of H-pyrrole nitrogens is 2. The van der Waals surface area contributed by atoms with E-state index in [-0.39, 0.29) is 55.0 Å². The fourth-order valence-corrected chi connectivity index (χ4v) is 6.33. The first-order chi connectivity index (χ1) is 20.2. The average Bonchev–Trinajstić information content (AvgIpc) is 3.69. The highest BCUT2D eigenvalue weighted by Crippen LogP contribution is 2.37. The molecule has 4 N–H and O–H groups in total. The number of benzene rings is 2. The standard InChI is InChI=1S/C29H29ClN6O6/c1-31-25(37)10-33-27(39)21-14-35(26(38)7-16-9-32-22-8-18(30)3-4-19(16)22)11-17-12-36(13-20(17)21)28(40)15-2-5-24-23(6-15)34-29(41)42-24/h2-6,8-9,17,20-21,32H,7,10-14H2,1H3,(H,31,37)(H,33,39)(H,34,41). The van der Waals surface area contributed by atoms with Crippen LogP contribution in [0.5, 0.6) is 0 Å². The van der Waals surface area contributed by atoms with Gasteiger partial charge in [-0.05, 0) is 47.7 Å². The second-order valence-electron chi connectivity index (χ2n) is 10.8. The van der Waals surface area contributed by atoms with E-state index in [4.69, 9.17) is 16.0 Å². The fraction of sp³-hybridized carbons (Fsp3) is 0.345. The third kappa shape index (κ3) is 5.25. The van der Waals surface area contributed by atoms with Gasteiger partial charge in [0.25, 0.3) is 5.91 Å². The van der Waals surface area contributed by atoms with Crippen molar-refractivity contribution in [2.24, 2.45) is 17.8 Å². The molecule has 3 unspecified atom stereocenters. The Balaban J connectivity index is 1.22. The maximum Gasteiger partial charge on any atom is 0.417 e. The van der Waals surface area contributed by atoms with Crippen molar-refractivity contribution < 1.29 is 23.6 Å². The van der Waals surface area contributed by atoms with Gasteiger partial charge in [-0.25, -0.2) is 4.79 Å². The first-order valence-corrected chi connectivity index (χ1v) is 14.0. The Morgan fingerprint density at radius 3 is 2.64 bits per heavy atom. The molecule has 12 nitrogen and oxygen atoms in total. The normalized spacial score (nSPS) is 20.1. The van der Waals surface area contributed by atoms with Crippen molar-refractivity contribution in [3.05, 3.63) is 69.3 Å². The number of likely N-dealkylation sites (N-methyl/N-ethyl adjacent to an activating group) is 1. The van der Waals surface area contributed by atoms with Gasteiger partial charge in [-0.3, -0.25) is 24.2 Å². The van der Waals surface area contributed by atoms with Crippen LogP contribution in [0.3, 0.4) is 0 Å². The molecular formula is C29H29ClN6O6. The van der Waals surface area contributed by atoms with Gasteiger partial charge in [-0.2, -0.15) is 0 Å². The SMILES string of the molecule is CNC(=O)CNC(=O)C1CN(C(=O)Cc2c[nH]c3cc(Cl)ccc23)CC2CN(C(=O)c3ccc4oc(=O)[nH]c4c3)CC21. The van der Waals surface area contributed by atoms with Crippen LogP contribution in [0.1, 0.15) is 15.9 Å². The Labute approximate surface area is 244 Å². The highest BCUT2D eigenvalue weighted by atomic mass is 35.5. The van der Waals surface area contributed by atoms with Crippen LogP contribution in [-0.2, 0) is 20.8 Å². The van der Waals surface area contributed by atoms with Crippen molar-refractivity contribution in [1.82, 2.24) is 30.4 Å². The summed E-state index contributed by atoms with van der Waals surface area (Å²) in [6.45, 7) is 1.08. The number of nitrogens with one attached hydrogen (secondary N) is 4. The molecule has 0 spiro atoms. The topological polar surface area (TPSA) is 161 Å². The van der Waals surface area contributed by atoms with Gasteiger partial charge in [0.15, 0.2) is 5.58 Å². The first kappa shape index (κ1) is 27.6. The van der Waals surface area contributed by atoms with E-state index in [9.17, 15) is 24.0 Å². The number of hydrogen-bond donors (Lipinski definition) is 4. The van der Waals surface area contributed by atoms with Gasteiger partial charge in [-0.15, -0.1) is 0 Å². The predicted octanol–water partition coefficient (Wildman–Crippen LogP) is 1.51. The first-order valence-electron chi connectivity index (χ1n) is 13.6. The summed E-state index contributed by atoms with van der Waals surface area (Å²) < 4.78 is 5.04. The van der Waals surface area contributed by atoms with Crippen LogP contribution < -0.4 is 16.4 Å². The predicted molar refractivity (Wildman–Crippen MR) is 154 cm³/mol. The molecule has 0 saturated carbocycles. The molecule has 218 valence electrons. The number of halogens is 1. The molecule has 13 heteroatoms. The molecule has 0 aliphatic carbocycles. The number of nitrogens with zero attached hydrogens (tertiary/aromatic N) is 2. The molecule has 6 rings (SSSR count). The Kier molecular flexibility index (Phi) is 7.23. The smallest absolute Gasteiger partial charge is 0.408 e. The summed E-state index contributed by atoms with van der Waals surface area (Å²) in [7, 11) is 1.49. The second kappa shape index (κ2) is 11.0. The molecule has 2 aliphatic rings. The molecule has 4 amide bonds. The quantitative estimate of drug-likeness (QED) is 0.265. The molecule has 42 heavy (non-hydrogen) atoms. The molecular weight excluding hydrogens is 564 g/mol. The van der Waals surface area contributed by atoms with Crippen LogP contribution in [0.4, 0.5) is 0 Å². The molecule has 0 bridgehead atoms. The van der Waals surface area contributed by atoms with Gasteiger partial charge in [-0.1, -0.05) is 17.7 Å². The number of hydrogen-bond acceptors (Lipinski definition) is 6. The number of oxazole rings is 1. The lowest BCUT2D eigenvalue weighted by Gasteiger charge is -2.39. The summed E-state index contributed by atoms with van der Waals surface area (Å²) in [5, 5.41) is 6.67. The molecule has 2 aromatic carbocycles. The van der Waals surface area contributed by atoms with Crippen molar-refractivity contribution in [1.29, 1.82) is 0 Å². The number of amides is 4. The highest BCUT2D eigenvalue weighted by Gasteiger charge is 2.47. The van der Waals surface area contributed by atoms with Gasteiger partial charge in [0, 0.05) is 60.9 Å².